The first-order chi connectivity index (χ1) is 15.8. The topological polar surface area (TPSA) is 84.5 Å². The third-order valence-electron chi connectivity index (χ3n) is 5.44. The Morgan fingerprint density at radius 2 is 1.88 bits per heavy atom. The van der Waals surface area contributed by atoms with Gasteiger partial charge in [-0.3, -0.25) is 4.99 Å². The van der Waals surface area contributed by atoms with Gasteiger partial charge in [-0.15, -0.1) is 0 Å². The van der Waals surface area contributed by atoms with Gasteiger partial charge in [-0.1, -0.05) is 30.3 Å². The molecule has 2 unspecified atom stereocenters. The molecule has 5 nitrogen and oxygen atoms in total. The minimum atomic E-state index is -4.56. The molecular formula is C24H19F3N4OS. The van der Waals surface area contributed by atoms with Crippen LogP contribution in [0.25, 0.3) is 10.9 Å². The summed E-state index contributed by atoms with van der Waals surface area (Å²) in [6.45, 7) is 0. The predicted molar refractivity (Wildman–Crippen MR) is 120 cm³/mol. The van der Waals surface area contributed by atoms with Gasteiger partial charge in [0.1, 0.15) is 11.4 Å². The van der Waals surface area contributed by atoms with Crippen LogP contribution in [0.1, 0.15) is 42.5 Å². The van der Waals surface area contributed by atoms with E-state index in [-0.39, 0.29) is 28.4 Å². The fraction of sp³-hybridized carbons (Fsp3) is 0.292. The molecule has 1 saturated carbocycles. The van der Waals surface area contributed by atoms with Crippen LogP contribution < -0.4 is 5.11 Å². The maximum atomic E-state index is 13.3. The molecule has 1 aliphatic rings. The van der Waals surface area contributed by atoms with Gasteiger partial charge in [0.2, 0.25) is 5.25 Å². The van der Waals surface area contributed by atoms with Crippen molar-refractivity contribution in [1.29, 1.82) is 5.26 Å². The number of nitriles is 1. The lowest BCUT2D eigenvalue weighted by Gasteiger charge is -2.21. The molecule has 1 aliphatic carbocycles. The Labute approximate surface area is 192 Å². The van der Waals surface area contributed by atoms with Gasteiger partial charge in [-0.25, -0.2) is 4.98 Å². The Balaban J connectivity index is 1.53. The van der Waals surface area contributed by atoms with E-state index < -0.39 is 11.9 Å². The first kappa shape index (κ1) is 22.8. The molecular weight excluding hydrogens is 449 g/mol. The number of alkyl halides is 3. The molecule has 1 aromatic heterocycles. The van der Waals surface area contributed by atoms with Crippen LogP contribution in [0, 0.1) is 11.3 Å². The summed E-state index contributed by atoms with van der Waals surface area (Å²) in [7, 11) is 0. The van der Waals surface area contributed by atoms with Crippen LogP contribution in [0.15, 0.2) is 64.0 Å². The second kappa shape index (κ2) is 9.63. The molecule has 2 aromatic carbocycles. The lowest BCUT2D eigenvalue weighted by atomic mass is 9.95. The minimum Gasteiger partial charge on any atom is -0.858 e. The van der Waals surface area contributed by atoms with E-state index in [4.69, 9.17) is 5.26 Å². The van der Waals surface area contributed by atoms with Crippen LogP contribution in [0.5, 0.6) is 0 Å². The molecule has 3 aromatic rings. The van der Waals surface area contributed by atoms with Crippen LogP contribution >= 0.6 is 0 Å². The number of fused-ring (bicyclic) bond motifs is 1. The van der Waals surface area contributed by atoms with Crippen molar-refractivity contribution in [2.75, 3.05) is 0 Å². The smallest absolute Gasteiger partial charge is 0.433 e. The summed E-state index contributed by atoms with van der Waals surface area (Å²) in [5, 5.41) is 22.0. The van der Waals surface area contributed by atoms with E-state index in [0.29, 0.717) is 22.9 Å². The summed E-state index contributed by atoms with van der Waals surface area (Å²) >= 11 is 1.24. The predicted octanol–water partition coefficient (Wildman–Crippen LogP) is 5.14. The minimum absolute atomic E-state index is 0.0440. The number of benzene rings is 2. The highest BCUT2D eigenvalue weighted by Crippen LogP contribution is 2.34. The van der Waals surface area contributed by atoms with Gasteiger partial charge in [0.15, 0.2) is 0 Å². The zero-order chi connectivity index (χ0) is 23.4. The Morgan fingerprint density at radius 1 is 1.12 bits per heavy atom. The molecule has 9 heteroatoms. The second-order valence-corrected chi connectivity index (χ2v) is 8.86. The zero-order valence-electron chi connectivity index (χ0n) is 17.4. The molecule has 2 atom stereocenters. The SMILES string of the molecule is N#Cc1ccc(C([O-])=NC2CCCC([S+]=Nc3cc(C(F)(F)F)nc4ccccc34)C2)cc1. The Hall–Kier alpha value is -3.38. The number of hydrogen-bond acceptors (Lipinski definition) is 5. The summed E-state index contributed by atoms with van der Waals surface area (Å²) in [4.78, 5) is 8.05. The van der Waals surface area contributed by atoms with E-state index in [1.165, 1.54) is 11.6 Å². The first-order valence-corrected chi connectivity index (χ1v) is 11.3. The van der Waals surface area contributed by atoms with Gasteiger partial charge in [-0.2, -0.15) is 18.4 Å². The molecule has 0 N–H and O–H groups in total. The van der Waals surface area contributed by atoms with Crippen LogP contribution in [0.2, 0.25) is 0 Å². The fourth-order valence-electron chi connectivity index (χ4n) is 3.77. The quantitative estimate of drug-likeness (QED) is 0.302. The number of hydrogen-bond donors (Lipinski definition) is 0. The number of para-hydroxylation sites is 1. The normalized spacial score (nSPS) is 19.6. The highest BCUT2D eigenvalue weighted by atomic mass is 32.1. The monoisotopic (exact) mass is 468 g/mol. The third kappa shape index (κ3) is 5.52. The van der Waals surface area contributed by atoms with E-state index in [0.717, 1.165) is 25.3 Å². The molecule has 1 heterocycles. The van der Waals surface area contributed by atoms with Crippen molar-refractivity contribution in [3.8, 4) is 6.07 Å². The van der Waals surface area contributed by atoms with Gasteiger partial charge >= 0.3 is 17.7 Å². The van der Waals surface area contributed by atoms with Crippen LogP contribution in [0.3, 0.4) is 0 Å². The van der Waals surface area contributed by atoms with Crippen molar-refractivity contribution in [2.45, 2.75) is 43.2 Å². The molecule has 0 radical (unpaired) electrons. The molecule has 0 saturated heterocycles. The summed E-state index contributed by atoms with van der Waals surface area (Å²) < 4.78 is 44.3. The van der Waals surface area contributed by atoms with E-state index in [1.807, 2.05) is 6.07 Å². The van der Waals surface area contributed by atoms with Gasteiger partial charge < -0.3 is 5.11 Å². The summed E-state index contributed by atoms with van der Waals surface area (Å²) in [6.07, 6.45) is -1.46. The van der Waals surface area contributed by atoms with Crippen molar-refractivity contribution in [3.05, 3.63) is 71.4 Å². The van der Waals surface area contributed by atoms with E-state index in [1.54, 1.807) is 48.5 Å². The third-order valence-corrected chi connectivity index (χ3v) is 6.47. The maximum absolute atomic E-state index is 13.3. The van der Waals surface area contributed by atoms with Crippen LogP contribution in [-0.4, -0.2) is 22.2 Å². The summed E-state index contributed by atoms with van der Waals surface area (Å²) in [5.74, 6) is -0.331. The van der Waals surface area contributed by atoms with Crippen molar-refractivity contribution >= 4 is 34.0 Å². The van der Waals surface area contributed by atoms with Gasteiger partial charge in [0.05, 0.1) is 23.2 Å². The van der Waals surface area contributed by atoms with Gasteiger partial charge in [-0.05, 0) is 42.5 Å². The van der Waals surface area contributed by atoms with Crippen molar-refractivity contribution in [1.82, 2.24) is 4.98 Å². The zero-order valence-corrected chi connectivity index (χ0v) is 18.2. The molecule has 0 amide bonds. The highest BCUT2D eigenvalue weighted by Gasteiger charge is 2.34. The summed E-state index contributed by atoms with van der Waals surface area (Å²) in [5.41, 5.74) is 0.419. The number of halogens is 3. The van der Waals surface area contributed by atoms with Crippen molar-refractivity contribution < 1.29 is 18.3 Å². The number of aliphatic imine (C=N–C) groups is 1. The lowest BCUT2D eigenvalue weighted by Crippen LogP contribution is -2.27. The van der Waals surface area contributed by atoms with Gasteiger partial charge in [0, 0.05) is 28.7 Å². The van der Waals surface area contributed by atoms with E-state index in [9.17, 15) is 18.3 Å². The second-order valence-electron chi connectivity index (χ2n) is 7.80. The number of aromatic nitrogens is 1. The Kier molecular flexibility index (Phi) is 6.65. The first-order valence-electron chi connectivity index (χ1n) is 10.4. The molecule has 4 rings (SSSR count). The average molecular weight is 469 g/mol. The number of nitrogens with zero attached hydrogens (tertiary/aromatic N) is 4. The van der Waals surface area contributed by atoms with Gasteiger partial charge in [0.25, 0.3) is 0 Å². The molecule has 168 valence electrons. The summed E-state index contributed by atoms with van der Waals surface area (Å²) in [6, 6.07) is 15.8. The van der Waals surface area contributed by atoms with E-state index >= 15 is 0 Å². The molecule has 0 bridgehead atoms. The Bertz CT molecular complexity index is 1250. The van der Waals surface area contributed by atoms with Crippen LogP contribution in [0.4, 0.5) is 18.9 Å². The molecule has 33 heavy (non-hydrogen) atoms. The largest absolute Gasteiger partial charge is 0.858 e. The van der Waals surface area contributed by atoms with Crippen molar-refractivity contribution in [3.63, 3.8) is 0 Å². The molecule has 1 fully saturated rings. The fourth-order valence-corrected chi connectivity index (χ4v) is 4.76. The average Bonchev–Trinajstić information content (AvgIpc) is 2.82. The van der Waals surface area contributed by atoms with Crippen LogP contribution in [-0.2, 0) is 17.7 Å². The van der Waals surface area contributed by atoms with E-state index in [2.05, 4.69) is 14.3 Å². The van der Waals surface area contributed by atoms with Crippen molar-refractivity contribution in [2.24, 2.45) is 9.36 Å². The Morgan fingerprint density at radius 3 is 2.61 bits per heavy atom. The molecule has 0 spiro atoms. The highest BCUT2D eigenvalue weighted by molar-refractivity contribution is 7.69. The molecule has 0 aliphatic heterocycles. The number of rotatable bonds is 4. The lowest BCUT2D eigenvalue weighted by molar-refractivity contribution is -0.213. The standard InChI is InChI=1S/C24H19F3N4OS/c25-24(26,27)22-13-21(19-6-1-2-7-20(19)30-22)31-33-18-5-3-4-17(12-18)29-23(32)16-10-8-15(14-28)9-11-16/h1-2,6-11,13,17-18H,3-5,12H2. The maximum Gasteiger partial charge on any atom is 0.433 e. The number of pyridine rings is 1.